The van der Waals surface area contributed by atoms with Crippen LogP contribution in [0.4, 0.5) is 10.8 Å². The Hall–Kier alpha value is -1.24. The molecule has 0 aliphatic carbocycles. The van der Waals surface area contributed by atoms with Gasteiger partial charge in [-0.1, -0.05) is 29.5 Å². The van der Waals surface area contributed by atoms with Crippen LogP contribution in [-0.2, 0) is 6.67 Å². The molecule has 0 spiro atoms. The second-order valence-corrected chi connectivity index (χ2v) is 6.85. The lowest BCUT2D eigenvalue weighted by atomic mass is 10.2. The Morgan fingerprint density at radius 3 is 2.85 bits per heavy atom. The highest BCUT2D eigenvalue weighted by Crippen LogP contribution is 2.22. The van der Waals surface area contributed by atoms with E-state index in [0.29, 0.717) is 0 Å². The highest BCUT2D eigenvalue weighted by atomic mass is 32.1. The van der Waals surface area contributed by atoms with Crippen molar-refractivity contribution < 1.29 is 4.90 Å². The molecule has 1 fully saturated rings. The van der Waals surface area contributed by atoms with Crippen LogP contribution in [0.5, 0.6) is 0 Å². The maximum atomic E-state index is 5.42. The lowest BCUT2D eigenvalue weighted by Gasteiger charge is -2.11. The quantitative estimate of drug-likeness (QED) is 0.851. The molecule has 2 heterocycles. The van der Waals surface area contributed by atoms with E-state index in [-0.39, 0.29) is 0 Å². The maximum absolute atomic E-state index is 5.42. The molecule has 0 saturated carbocycles. The summed E-state index contributed by atoms with van der Waals surface area (Å²) in [5, 5.41) is 8.86. The molecular weight excluding hydrogens is 288 g/mol. The summed E-state index contributed by atoms with van der Waals surface area (Å²) < 4.78 is 2.81. The molecule has 1 aromatic heterocycles. The molecule has 1 saturated heterocycles. The number of nitrogens with one attached hydrogen (secondary N) is 2. The zero-order chi connectivity index (χ0) is 13.9. The van der Waals surface area contributed by atoms with Crippen LogP contribution in [0.3, 0.4) is 0 Å². The van der Waals surface area contributed by atoms with Gasteiger partial charge < -0.3 is 10.2 Å². The number of aryl methyl sites for hydroxylation is 1. The molecule has 4 nitrogen and oxygen atoms in total. The summed E-state index contributed by atoms with van der Waals surface area (Å²) in [7, 11) is 0. The molecule has 1 aliphatic rings. The Bertz CT molecular complexity index is 641. The van der Waals surface area contributed by atoms with Gasteiger partial charge in [-0.15, -0.1) is 5.10 Å². The van der Waals surface area contributed by atoms with Crippen LogP contribution >= 0.6 is 23.6 Å². The second kappa shape index (κ2) is 6.03. The van der Waals surface area contributed by atoms with E-state index >= 15 is 0 Å². The standard InChI is InChI=1S/C14H18N4S2/c1-11-6-2-3-7-12(11)15-13-16-18(14(19)20-13)10-17-8-4-5-9-17/h2-3,6-7H,4-5,8-10H2,1H3,(H,15,16)/p+1. The third-order valence-corrected chi connectivity index (χ3v) is 4.90. The van der Waals surface area contributed by atoms with Crippen LogP contribution in [0.1, 0.15) is 18.4 Å². The first-order valence-corrected chi connectivity index (χ1v) is 8.19. The molecular formula is C14H19N4S2+. The number of likely N-dealkylation sites (tertiary alicyclic amines) is 1. The fraction of sp³-hybridized carbons (Fsp3) is 0.429. The summed E-state index contributed by atoms with van der Waals surface area (Å²) in [5.41, 5.74) is 2.31. The monoisotopic (exact) mass is 307 g/mol. The molecule has 0 atom stereocenters. The van der Waals surface area contributed by atoms with E-state index < -0.39 is 0 Å². The van der Waals surface area contributed by atoms with Gasteiger partial charge in [0.25, 0.3) is 0 Å². The summed E-state index contributed by atoms with van der Waals surface area (Å²) in [6.07, 6.45) is 2.64. The van der Waals surface area contributed by atoms with E-state index in [2.05, 4.69) is 29.5 Å². The van der Waals surface area contributed by atoms with Gasteiger partial charge in [-0.3, -0.25) is 0 Å². The van der Waals surface area contributed by atoms with E-state index in [1.807, 2.05) is 16.8 Å². The average Bonchev–Trinajstić information content (AvgIpc) is 3.04. The van der Waals surface area contributed by atoms with Crippen LogP contribution in [-0.4, -0.2) is 22.9 Å². The van der Waals surface area contributed by atoms with Gasteiger partial charge in [0.1, 0.15) is 0 Å². The highest BCUT2D eigenvalue weighted by molar-refractivity contribution is 7.73. The molecule has 0 unspecified atom stereocenters. The maximum Gasteiger partial charge on any atom is 0.209 e. The van der Waals surface area contributed by atoms with Gasteiger partial charge in [-0.05, 0) is 30.8 Å². The van der Waals surface area contributed by atoms with Crippen LogP contribution in [0.15, 0.2) is 24.3 Å². The van der Waals surface area contributed by atoms with E-state index in [4.69, 9.17) is 12.2 Å². The second-order valence-electron chi connectivity index (χ2n) is 5.23. The number of rotatable bonds is 4. The van der Waals surface area contributed by atoms with Crippen LogP contribution in [0.2, 0.25) is 0 Å². The van der Waals surface area contributed by atoms with Crippen molar-refractivity contribution in [1.29, 1.82) is 0 Å². The number of nitrogens with zero attached hydrogens (tertiary/aromatic N) is 2. The molecule has 0 bridgehead atoms. The summed E-state index contributed by atoms with van der Waals surface area (Å²) in [5.74, 6) is 0. The number of hydrogen-bond acceptors (Lipinski definition) is 4. The molecule has 6 heteroatoms. The van der Waals surface area contributed by atoms with Crippen molar-refractivity contribution >= 4 is 34.4 Å². The number of para-hydroxylation sites is 1. The van der Waals surface area contributed by atoms with Crippen LogP contribution in [0.25, 0.3) is 0 Å². The number of aromatic nitrogens is 2. The SMILES string of the molecule is Cc1ccccc1Nc1nn(C[NH+]2CCCC2)c(=S)s1. The van der Waals surface area contributed by atoms with Gasteiger partial charge >= 0.3 is 0 Å². The Morgan fingerprint density at radius 2 is 2.10 bits per heavy atom. The molecule has 3 rings (SSSR count). The minimum atomic E-state index is 0.848. The first-order valence-electron chi connectivity index (χ1n) is 6.96. The zero-order valence-corrected chi connectivity index (χ0v) is 13.2. The third-order valence-electron chi connectivity index (χ3n) is 3.68. The predicted molar refractivity (Wildman–Crippen MR) is 85.3 cm³/mol. The molecule has 2 N–H and O–H groups in total. The Morgan fingerprint density at radius 1 is 1.35 bits per heavy atom. The highest BCUT2D eigenvalue weighted by Gasteiger charge is 2.17. The third kappa shape index (κ3) is 3.08. The normalized spacial score (nSPS) is 15.7. The van der Waals surface area contributed by atoms with Gasteiger partial charge in [-0.25, -0.2) is 0 Å². The van der Waals surface area contributed by atoms with Gasteiger partial charge in [0.15, 0.2) is 10.6 Å². The first-order chi connectivity index (χ1) is 9.72. The van der Waals surface area contributed by atoms with Crippen molar-refractivity contribution in [3.8, 4) is 0 Å². The molecule has 106 valence electrons. The zero-order valence-electron chi connectivity index (χ0n) is 11.6. The lowest BCUT2D eigenvalue weighted by molar-refractivity contribution is -0.911. The number of hydrogen-bond donors (Lipinski definition) is 2. The number of anilines is 2. The summed E-state index contributed by atoms with van der Waals surface area (Å²) in [6, 6.07) is 8.22. The molecule has 2 aromatic rings. The summed E-state index contributed by atoms with van der Waals surface area (Å²) in [4.78, 5) is 1.58. The Kier molecular flexibility index (Phi) is 4.14. The van der Waals surface area contributed by atoms with Crippen molar-refractivity contribution in [2.75, 3.05) is 18.4 Å². The number of quaternary nitrogens is 1. The van der Waals surface area contributed by atoms with Crippen molar-refractivity contribution in [3.63, 3.8) is 0 Å². The van der Waals surface area contributed by atoms with E-state index in [9.17, 15) is 0 Å². The fourth-order valence-electron chi connectivity index (χ4n) is 2.53. The summed E-state index contributed by atoms with van der Waals surface area (Å²) >= 11 is 6.97. The fourth-order valence-corrected chi connectivity index (χ4v) is 3.55. The van der Waals surface area contributed by atoms with E-state index in [1.165, 1.54) is 31.5 Å². The average molecular weight is 307 g/mol. The molecule has 20 heavy (non-hydrogen) atoms. The van der Waals surface area contributed by atoms with Crippen molar-refractivity contribution in [2.24, 2.45) is 0 Å². The minimum Gasteiger partial charge on any atom is -0.330 e. The van der Waals surface area contributed by atoms with Gasteiger partial charge in [0.05, 0.1) is 13.1 Å². The first kappa shape index (κ1) is 13.7. The minimum absolute atomic E-state index is 0.848. The lowest BCUT2D eigenvalue weighted by Crippen LogP contribution is -3.09. The molecule has 0 radical (unpaired) electrons. The molecule has 1 aromatic carbocycles. The molecule has 0 amide bonds. The van der Waals surface area contributed by atoms with Crippen LogP contribution in [0, 0.1) is 10.9 Å². The van der Waals surface area contributed by atoms with Gasteiger partial charge in [0, 0.05) is 18.5 Å². The molecule has 1 aliphatic heterocycles. The summed E-state index contributed by atoms with van der Waals surface area (Å²) in [6.45, 7) is 5.46. The van der Waals surface area contributed by atoms with Crippen molar-refractivity contribution in [2.45, 2.75) is 26.4 Å². The Labute approximate surface area is 128 Å². The van der Waals surface area contributed by atoms with Crippen molar-refractivity contribution in [1.82, 2.24) is 9.78 Å². The predicted octanol–water partition coefficient (Wildman–Crippen LogP) is 2.36. The van der Waals surface area contributed by atoms with E-state index in [0.717, 1.165) is 21.4 Å². The topological polar surface area (TPSA) is 34.3 Å². The smallest absolute Gasteiger partial charge is 0.209 e. The number of benzene rings is 1. The van der Waals surface area contributed by atoms with Gasteiger partial charge in [-0.2, -0.15) is 4.68 Å². The van der Waals surface area contributed by atoms with Crippen LogP contribution < -0.4 is 10.2 Å². The van der Waals surface area contributed by atoms with E-state index in [1.54, 1.807) is 16.2 Å². The largest absolute Gasteiger partial charge is 0.330 e. The van der Waals surface area contributed by atoms with Crippen molar-refractivity contribution in [3.05, 3.63) is 33.8 Å². The Balaban J connectivity index is 1.75. The van der Waals surface area contributed by atoms with Gasteiger partial charge in [0.2, 0.25) is 5.13 Å².